The maximum absolute atomic E-state index is 12.5. The molecule has 0 aromatic heterocycles. The summed E-state index contributed by atoms with van der Waals surface area (Å²) in [5, 5.41) is 26.3. The van der Waals surface area contributed by atoms with Crippen molar-refractivity contribution in [1.29, 1.82) is 0 Å². The topological polar surface area (TPSA) is 180 Å². The van der Waals surface area contributed by atoms with Gasteiger partial charge in [0.2, 0.25) is 5.91 Å². The van der Waals surface area contributed by atoms with Gasteiger partial charge in [0.05, 0.1) is 24.7 Å². The Hall–Kier alpha value is -4.60. The molecule has 33 heavy (non-hydrogen) atoms. The van der Waals surface area contributed by atoms with Crippen LogP contribution < -0.4 is 22.1 Å². The standard InChI is InChI=1S/C23H23N5O5/c24-23(25)27-16-7-3-6-15(8-16)22(33)26-12-20(30)28-18(11-21(31)32)17-9-13-4-1-2-5-14(13)10-19(17)29/h1-10,18,29H,11-12H2,(H,26,33)(H,28,30)(H,31,32)(H4,24,25,27). The number of aliphatic carboxylic acids is 1. The van der Waals surface area contributed by atoms with Crippen LogP contribution in [0, 0.1) is 0 Å². The number of guanidine groups is 1. The van der Waals surface area contributed by atoms with Crippen LogP contribution in [-0.4, -0.2) is 40.5 Å². The fourth-order valence-corrected chi connectivity index (χ4v) is 3.31. The Balaban J connectivity index is 1.71. The van der Waals surface area contributed by atoms with E-state index in [9.17, 15) is 24.6 Å². The van der Waals surface area contributed by atoms with E-state index in [-0.39, 0.29) is 22.8 Å². The molecular weight excluding hydrogens is 426 g/mol. The van der Waals surface area contributed by atoms with Crippen LogP contribution in [0.4, 0.5) is 5.69 Å². The minimum absolute atomic E-state index is 0.138. The molecule has 0 saturated heterocycles. The molecule has 8 N–H and O–H groups in total. The number of nitrogens with one attached hydrogen (secondary N) is 2. The number of carboxylic acid groups (broad SMARTS) is 1. The third-order valence-electron chi connectivity index (χ3n) is 4.76. The molecule has 170 valence electrons. The normalized spacial score (nSPS) is 11.4. The van der Waals surface area contributed by atoms with Gasteiger partial charge >= 0.3 is 5.97 Å². The third-order valence-corrected chi connectivity index (χ3v) is 4.76. The lowest BCUT2D eigenvalue weighted by molar-refractivity contribution is -0.137. The number of aliphatic imine (C=N–C) groups is 1. The van der Waals surface area contributed by atoms with Crippen molar-refractivity contribution in [1.82, 2.24) is 10.6 Å². The second-order valence-corrected chi connectivity index (χ2v) is 7.25. The Morgan fingerprint density at radius 2 is 1.67 bits per heavy atom. The number of phenols is 1. The van der Waals surface area contributed by atoms with Crippen LogP contribution in [0.5, 0.6) is 5.75 Å². The molecule has 0 aliphatic heterocycles. The summed E-state index contributed by atoms with van der Waals surface area (Å²) in [6.07, 6.45) is -0.452. The number of carbonyl (C=O) groups is 3. The highest BCUT2D eigenvalue weighted by Gasteiger charge is 2.22. The van der Waals surface area contributed by atoms with E-state index in [0.29, 0.717) is 5.69 Å². The van der Waals surface area contributed by atoms with Gasteiger partial charge in [-0.1, -0.05) is 30.3 Å². The third kappa shape index (κ3) is 6.20. The molecule has 0 fully saturated rings. The van der Waals surface area contributed by atoms with E-state index in [4.69, 9.17) is 11.5 Å². The predicted octanol–water partition coefficient (Wildman–Crippen LogP) is 1.51. The molecule has 0 saturated carbocycles. The van der Waals surface area contributed by atoms with Crippen molar-refractivity contribution in [2.45, 2.75) is 12.5 Å². The number of rotatable bonds is 8. The number of phenolic OH excluding ortho intramolecular Hbond substituents is 1. The zero-order chi connectivity index (χ0) is 24.0. The van der Waals surface area contributed by atoms with Crippen molar-refractivity contribution in [2.75, 3.05) is 6.54 Å². The quantitative estimate of drug-likeness (QED) is 0.223. The molecule has 3 rings (SSSR count). The molecule has 0 radical (unpaired) electrons. The van der Waals surface area contributed by atoms with E-state index in [1.54, 1.807) is 24.3 Å². The molecule has 0 aliphatic carbocycles. The molecule has 2 amide bonds. The zero-order valence-electron chi connectivity index (χ0n) is 17.5. The summed E-state index contributed by atoms with van der Waals surface area (Å²) in [6.45, 7) is -0.407. The van der Waals surface area contributed by atoms with Crippen LogP contribution in [0.25, 0.3) is 10.8 Å². The van der Waals surface area contributed by atoms with Gasteiger partial charge in [0, 0.05) is 11.1 Å². The number of hydrogen-bond donors (Lipinski definition) is 6. The Kier molecular flexibility index (Phi) is 7.09. The molecule has 0 bridgehead atoms. The first-order valence-corrected chi connectivity index (χ1v) is 9.93. The van der Waals surface area contributed by atoms with E-state index in [0.717, 1.165) is 10.8 Å². The van der Waals surface area contributed by atoms with Crippen LogP contribution in [0.3, 0.4) is 0 Å². The Labute approximate surface area is 188 Å². The molecule has 0 heterocycles. The second kappa shape index (κ2) is 10.1. The Bertz CT molecular complexity index is 1240. The SMILES string of the molecule is NC(N)=Nc1cccc(C(=O)NCC(=O)NC(CC(=O)O)c2cc3ccccc3cc2O)c1. The molecule has 0 aliphatic rings. The highest BCUT2D eigenvalue weighted by atomic mass is 16.4. The fourth-order valence-electron chi connectivity index (χ4n) is 3.31. The van der Waals surface area contributed by atoms with E-state index in [2.05, 4.69) is 15.6 Å². The first-order chi connectivity index (χ1) is 15.7. The summed E-state index contributed by atoms with van der Waals surface area (Å²) in [4.78, 5) is 40.1. The lowest BCUT2D eigenvalue weighted by Gasteiger charge is -2.19. The van der Waals surface area contributed by atoms with Gasteiger partial charge in [-0.25, -0.2) is 4.99 Å². The van der Waals surface area contributed by atoms with Gasteiger partial charge in [-0.05, 0) is 41.1 Å². The Morgan fingerprint density at radius 1 is 0.970 bits per heavy atom. The number of aromatic hydroxyl groups is 1. The van der Waals surface area contributed by atoms with Gasteiger partial charge in [-0.15, -0.1) is 0 Å². The minimum Gasteiger partial charge on any atom is -0.508 e. The molecule has 3 aromatic rings. The summed E-state index contributed by atoms with van der Waals surface area (Å²) < 4.78 is 0. The van der Waals surface area contributed by atoms with Crippen molar-refractivity contribution in [3.05, 3.63) is 71.8 Å². The summed E-state index contributed by atoms with van der Waals surface area (Å²) in [5.41, 5.74) is 11.5. The highest BCUT2D eigenvalue weighted by molar-refractivity contribution is 5.97. The van der Waals surface area contributed by atoms with Crippen molar-refractivity contribution in [2.24, 2.45) is 16.5 Å². The highest BCUT2D eigenvalue weighted by Crippen LogP contribution is 2.31. The van der Waals surface area contributed by atoms with Crippen LogP contribution in [0.1, 0.15) is 28.4 Å². The van der Waals surface area contributed by atoms with E-state index >= 15 is 0 Å². The summed E-state index contributed by atoms with van der Waals surface area (Å²) in [6, 6.07) is 15.6. The summed E-state index contributed by atoms with van der Waals surface area (Å²) >= 11 is 0. The Morgan fingerprint density at radius 3 is 2.33 bits per heavy atom. The molecular formula is C23H23N5O5. The number of fused-ring (bicyclic) bond motifs is 1. The second-order valence-electron chi connectivity index (χ2n) is 7.25. The number of nitrogens with zero attached hydrogens (tertiary/aromatic N) is 1. The fraction of sp³-hybridized carbons (Fsp3) is 0.130. The van der Waals surface area contributed by atoms with Gasteiger partial charge in [0.1, 0.15) is 5.75 Å². The first kappa shape index (κ1) is 23.1. The zero-order valence-corrected chi connectivity index (χ0v) is 17.5. The molecule has 0 spiro atoms. The number of hydrogen-bond acceptors (Lipinski definition) is 5. The van der Waals surface area contributed by atoms with Crippen LogP contribution in [0.15, 0.2) is 65.7 Å². The monoisotopic (exact) mass is 449 g/mol. The maximum atomic E-state index is 12.5. The van der Waals surface area contributed by atoms with Crippen LogP contribution in [-0.2, 0) is 9.59 Å². The average Bonchev–Trinajstić information content (AvgIpc) is 2.76. The molecule has 1 unspecified atom stereocenters. The molecule has 3 aromatic carbocycles. The lowest BCUT2D eigenvalue weighted by Crippen LogP contribution is -2.39. The smallest absolute Gasteiger partial charge is 0.305 e. The van der Waals surface area contributed by atoms with E-state index in [1.165, 1.54) is 18.2 Å². The van der Waals surface area contributed by atoms with E-state index in [1.807, 2.05) is 18.2 Å². The minimum atomic E-state index is -1.16. The average molecular weight is 449 g/mol. The van der Waals surface area contributed by atoms with E-state index < -0.39 is 36.8 Å². The van der Waals surface area contributed by atoms with Crippen LogP contribution in [0.2, 0.25) is 0 Å². The number of nitrogens with two attached hydrogens (primary N) is 2. The largest absolute Gasteiger partial charge is 0.508 e. The molecule has 1 atom stereocenters. The summed E-state index contributed by atoms with van der Waals surface area (Å²) in [5.74, 6) is -2.62. The van der Waals surface area contributed by atoms with Crippen LogP contribution >= 0.6 is 0 Å². The van der Waals surface area contributed by atoms with Gasteiger partial charge in [-0.2, -0.15) is 0 Å². The van der Waals surface area contributed by atoms with Gasteiger partial charge in [0.15, 0.2) is 5.96 Å². The van der Waals surface area contributed by atoms with Crippen molar-refractivity contribution in [3.8, 4) is 5.75 Å². The first-order valence-electron chi connectivity index (χ1n) is 9.93. The number of amides is 2. The molecule has 10 nitrogen and oxygen atoms in total. The van der Waals surface area contributed by atoms with Gasteiger partial charge in [-0.3, -0.25) is 14.4 Å². The van der Waals surface area contributed by atoms with Gasteiger partial charge < -0.3 is 32.3 Å². The van der Waals surface area contributed by atoms with Gasteiger partial charge in [0.25, 0.3) is 5.91 Å². The molecule has 10 heteroatoms. The lowest BCUT2D eigenvalue weighted by atomic mass is 9.98. The van der Waals surface area contributed by atoms with Crippen molar-refractivity contribution in [3.63, 3.8) is 0 Å². The number of benzene rings is 3. The maximum Gasteiger partial charge on any atom is 0.305 e. The van der Waals surface area contributed by atoms with Crippen molar-refractivity contribution < 1.29 is 24.6 Å². The predicted molar refractivity (Wildman–Crippen MR) is 123 cm³/mol. The van der Waals surface area contributed by atoms with Crippen molar-refractivity contribution >= 4 is 40.2 Å². The number of carboxylic acids is 1. The summed E-state index contributed by atoms with van der Waals surface area (Å²) in [7, 11) is 0. The number of carbonyl (C=O) groups excluding carboxylic acids is 2.